The molecule has 1 amide bonds. The van der Waals surface area contributed by atoms with Gasteiger partial charge in [0.25, 0.3) is 5.91 Å². The molecule has 196 valence electrons. The summed E-state index contributed by atoms with van der Waals surface area (Å²) in [7, 11) is 0. The fourth-order valence-electron chi connectivity index (χ4n) is 4.61. The Kier molecular flexibility index (Phi) is 7.48. The smallest absolute Gasteiger partial charge is 0.339 e. The zero-order valence-corrected chi connectivity index (χ0v) is 22.2. The van der Waals surface area contributed by atoms with Crippen LogP contribution < -0.4 is 5.32 Å². The van der Waals surface area contributed by atoms with Gasteiger partial charge >= 0.3 is 5.97 Å². The summed E-state index contributed by atoms with van der Waals surface area (Å²) in [6.07, 6.45) is 0.535. The van der Waals surface area contributed by atoms with Gasteiger partial charge in [-0.05, 0) is 79.6 Å². The predicted octanol–water partition coefficient (Wildman–Crippen LogP) is 7.72. The summed E-state index contributed by atoms with van der Waals surface area (Å²) >= 11 is 5.99. The Morgan fingerprint density at radius 3 is 2.36 bits per heavy atom. The summed E-state index contributed by atoms with van der Waals surface area (Å²) in [4.78, 5) is 26.3. The summed E-state index contributed by atoms with van der Waals surface area (Å²) < 4.78 is 21.3. The lowest BCUT2D eigenvalue weighted by atomic mass is 10.0. The first-order valence-corrected chi connectivity index (χ1v) is 13.0. The molecule has 0 aliphatic carbocycles. The average Bonchev–Trinajstić information content (AvgIpc) is 3.26. The molecule has 7 heteroatoms. The largest absolute Gasteiger partial charge is 0.449 e. The summed E-state index contributed by atoms with van der Waals surface area (Å²) in [6.45, 7) is 4.43. The lowest BCUT2D eigenvalue weighted by molar-refractivity contribution is -0.147. The average molecular weight is 541 g/mol. The van der Waals surface area contributed by atoms with Gasteiger partial charge in [-0.1, -0.05) is 54.1 Å². The van der Waals surface area contributed by atoms with Crippen LogP contribution >= 0.6 is 11.6 Å². The molecule has 0 radical (unpaired) electrons. The van der Waals surface area contributed by atoms with Crippen molar-refractivity contribution in [3.63, 3.8) is 0 Å². The van der Waals surface area contributed by atoms with E-state index in [4.69, 9.17) is 16.3 Å². The van der Waals surface area contributed by atoms with Crippen LogP contribution in [0.3, 0.4) is 0 Å². The number of anilines is 1. The highest BCUT2D eigenvalue weighted by molar-refractivity contribution is 6.30. The molecule has 5 aromatic rings. The minimum Gasteiger partial charge on any atom is -0.449 e. The lowest BCUT2D eigenvalue weighted by Crippen LogP contribution is -2.30. The van der Waals surface area contributed by atoms with Crippen molar-refractivity contribution in [3.05, 3.63) is 113 Å². The van der Waals surface area contributed by atoms with Crippen LogP contribution in [0.4, 0.5) is 10.1 Å². The molecule has 0 spiro atoms. The number of nitrogens with zero attached hydrogens (tertiary/aromatic N) is 1. The van der Waals surface area contributed by atoms with Crippen LogP contribution in [0.25, 0.3) is 33.5 Å². The second-order valence-corrected chi connectivity index (χ2v) is 9.58. The highest BCUT2D eigenvalue weighted by atomic mass is 35.5. The van der Waals surface area contributed by atoms with Gasteiger partial charge in [-0.15, -0.1) is 0 Å². The first-order chi connectivity index (χ1) is 18.8. The van der Waals surface area contributed by atoms with Crippen molar-refractivity contribution in [2.24, 2.45) is 0 Å². The summed E-state index contributed by atoms with van der Waals surface area (Å²) in [5.41, 5.74) is 4.15. The van der Waals surface area contributed by atoms with Gasteiger partial charge in [0.1, 0.15) is 5.82 Å². The number of hydrogen-bond donors (Lipinski definition) is 1. The van der Waals surface area contributed by atoms with Gasteiger partial charge in [0.05, 0.1) is 5.57 Å². The SMILES string of the molecule is CCn1c2ccccc2c2cc(NC(=O)C(C)OC(=O)/C(=C/c3ccc(Cl)cc3)c3ccc(F)cc3)ccc21. The van der Waals surface area contributed by atoms with Gasteiger partial charge in [0.15, 0.2) is 6.10 Å². The van der Waals surface area contributed by atoms with Crippen molar-refractivity contribution in [2.45, 2.75) is 26.5 Å². The third-order valence-electron chi connectivity index (χ3n) is 6.57. The van der Waals surface area contributed by atoms with Crippen molar-refractivity contribution in [3.8, 4) is 0 Å². The van der Waals surface area contributed by atoms with Crippen LogP contribution in [0.2, 0.25) is 5.02 Å². The second-order valence-electron chi connectivity index (χ2n) is 9.15. The maximum atomic E-state index is 13.5. The molecule has 0 saturated carbocycles. The molecule has 0 fully saturated rings. The number of para-hydroxylation sites is 1. The van der Waals surface area contributed by atoms with E-state index in [-0.39, 0.29) is 5.57 Å². The third-order valence-corrected chi connectivity index (χ3v) is 6.82. The highest BCUT2D eigenvalue weighted by Gasteiger charge is 2.22. The number of fused-ring (bicyclic) bond motifs is 3. The Morgan fingerprint density at radius 1 is 0.949 bits per heavy atom. The van der Waals surface area contributed by atoms with E-state index >= 15 is 0 Å². The van der Waals surface area contributed by atoms with Gasteiger partial charge in [-0.2, -0.15) is 0 Å². The third kappa shape index (κ3) is 5.56. The van der Waals surface area contributed by atoms with E-state index in [0.29, 0.717) is 21.8 Å². The number of esters is 1. The van der Waals surface area contributed by atoms with Crippen molar-refractivity contribution < 1.29 is 18.7 Å². The Balaban J connectivity index is 1.37. The molecule has 5 rings (SSSR count). The highest BCUT2D eigenvalue weighted by Crippen LogP contribution is 2.31. The topological polar surface area (TPSA) is 60.3 Å². The van der Waals surface area contributed by atoms with Crippen molar-refractivity contribution in [1.29, 1.82) is 0 Å². The minimum atomic E-state index is -1.08. The predicted molar refractivity (Wildman–Crippen MR) is 155 cm³/mol. The van der Waals surface area contributed by atoms with E-state index < -0.39 is 23.8 Å². The number of amides is 1. The minimum absolute atomic E-state index is 0.186. The number of benzene rings is 4. The Labute approximate surface area is 230 Å². The number of rotatable bonds is 7. The van der Waals surface area contributed by atoms with Crippen molar-refractivity contribution >= 4 is 62.6 Å². The summed E-state index contributed by atoms with van der Waals surface area (Å²) in [5.74, 6) is -1.60. The molecule has 1 N–H and O–H groups in total. The van der Waals surface area contributed by atoms with E-state index in [9.17, 15) is 14.0 Å². The number of nitrogens with one attached hydrogen (secondary N) is 1. The van der Waals surface area contributed by atoms with Gasteiger partial charge in [-0.3, -0.25) is 4.79 Å². The first-order valence-electron chi connectivity index (χ1n) is 12.6. The number of carbonyl (C=O) groups is 2. The molecule has 1 atom stereocenters. The number of hydrogen-bond acceptors (Lipinski definition) is 3. The normalized spacial score (nSPS) is 12.5. The van der Waals surface area contributed by atoms with Crippen molar-refractivity contribution in [2.75, 3.05) is 5.32 Å². The van der Waals surface area contributed by atoms with E-state index in [1.54, 1.807) is 30.3 Å². The number of ether oxygens (including phenoxy) is 1. The zero-order valence-electron chi connectivity index (χ0n) is 21.4. The number of halogens is 2. The van der Waals surface area contributed by atoms with E-state index in [0.717, 1.165) is 28.4 Å². The molecular weight excluding hydrogens is 515 g/mol. The van der Waals surface area contributed by atoms with Gasteiger partial charge < -0.3 is 14.6 Å². The molecule has 39 heavy (non-hydrogen) atoms. The standard InChI is InChI=1S/C32H26ClFN2O3/c1-3-36-29-7-5-4-6-26(29)28-19-25(16-17-30(28)36)35-31(37)20(2)39-32(38)27(22-10-14-24(34)15-11-22)18-21-8-12-23(33)13-9-21/h4-20H,3H2,1-2H3,(H,35,37)/b27-18+. The van der Waals surface area contributed by atoms with Crippen LogP contribution in [0, 0.1) is 5.82 Å². The van der Waals surface area contributed by atoms with Gasteiger partial charge in [0.2, 0.25) is 0 Å². The molecule has 0 bridgehead atoms. The number of aryl methyl sites for hydroxylation is 1. The van der Waals surface area contributed by atoms with Crippen LogP contribution in [0.15, 0.2) is 91.0 Å². The molecular formula is C32H26ClFN2O3. The fourth-order valence-corrected chi connectivity index (χ4v) is 4.73. The fraction of sp³-hybridized carbons (Fsp3) is 0.125. The number of aromatic nitrogens is 1. The Morgan fingerprint density at radius 2 is 1.64 bits per heavy atom. The van der Waals surface area contributed by atoms with Gasteiger partial charge in [-0.25, -0.2) is 9.18 Å². The molecule has 4 aromatic carbocycles. The van der Waals surface area contributed by atoms with Crippen LogP contribution in [-0.4, -0.2) is 22.5 Å². The van der Waals surface area contributed by atoms with Gasteiger partial charge in [0, 0.05) is 39.1 Å². The van der Waals surface area contributed by atoms with Crippen LogP contribution in [-0.2, 0) is 20.9 Å². The van der Waals surface area contributed by atoms with E-state index in [2.05, 4.69) is 28.9 Å². The second kappa shape index (κ2) is 11.1. The maximum Gasteiger partial charge on any atom is 0.339 e. The van der Waals surface area contributed by atoms with Crippen LogP contribution in [0.5, 0.6) is 0 Å². The maximum absolute atomic E-state index is 13.5. The quantitative estimate of drug-likeness (QED) is 0.131. The summed E-state index contributed by atoms with van der Waals surface area (Å²) in [5, 5.41) is 5.55. The van der Waals surface area contributed by atoms with Crippen LogP contribution in [0.1, 0.15) is 25.0 Å². The summed E-state index contributed by atoms with van der Waals surface area (Å²) in [6, 6.07) is 26.3. The lowest BCUT2D eigenvalue weighted by Gasteiger charge is -2.15. The monoisotopic (exact) mass is 540 g/mol. The molecule has 5 nitrogen and oxygen atoms in total. The Bertz CT molecular complexity index is 1710. The van der Waals surface area contributed by atoms with E-state index in [1.807, 2.05) is 30.3 Å². The zero-order chi connectivity index (χ0) is 27.5. The molecule has 1 unspecified atom stereocenters. The Hall–Kier alpha value is -4.42. The molecule has 0 aliphatic rings. The number of carbonyl (C=O) groups excluding carboxylic acids is 2. The molecule has 1 heterocycles. The van der Waals surface area contributed by atoms with E-state index in [1.165, 1.54) is 31.2 Å². The molecule has 0 saturated heterocycles. The molecule has 0 aliphatic heterocycles. The molecule has 1 aromatic heterocycles. The van der Waals surface area contributed by atoms with Crippen molar-refractivity contribution in [1.82, 2.24) is 4.57 Å². The first kappa shape index (κ1) is 26.2.